The minimum Gasteiger partial charge on any atom is -0.477 e. The second-order valence-electron chi connectivity index (χ2n) is 4.50. The van der Waals surface area contributed by atoms with Crippen molar-refractivity contribution in [1.29, 1.82) is 0 Å². The molecule has 0 amide bonds. The lowest BCUT2D eigenvalue weighted by Crippen LogP contribution is -2.09. The number of benzene rings is 1. The molecule has 2 rings (SSSR count). The van der Waals surface area contributed by atoms with Crippen molar-refractivity contribution in [3.05, 3.63) is 41.6 Å². The monoisotopic (exact) mass is 259 g/mol. The molecule has 0 unspecified atom stereocenters. The standard InChI is InChI=1S/C15H21N3O/c1-4-10-19-15-14(11-16-3)12(2)17-18(15)13-8-6-5-7-9-13/h5-9,16H,4,10-11H2,1-3H3. The van der Waals surface area contributed by atoms with Crippen molar-refractivity contribution in [2.75, 3.05) is 13.7 Å². The van der Waals surface area contributed by atoms with Gasteiger partial charge in [0.15, 0.2) is 0 Å². The van der Waals surface area contributed by atoms with Gasteiger partial charge >= 0.3 is 0 Å². The minimum atomic E-state index is 0.703. The molecule has 1 aromatic carbocycles. The van der Waals surface area contributed by atoms with E-state index >= 15 is 0 Å². The van der Waals surface area contributed by atoms with Gasteiger partial charge in [0.25, 0.3) is 0 Å². The molecule has 19 heavy (non-hydrogen) atoms. The highest BCUT2D eigenvalue weighted by atomic mass is 16.5. The fraction of sp³-hybridized carbons (Fsp3) is 0.400. The Hall–Kier alpha value is -1.81. The number of hydrogen-bond acceptors (Lipinski definition) is 3. The number of nitrogens with one attached hydrogen (secondary N) is 1. The van der Waals surface area contributed by atoms with Gasteiger partial charge in [0.1, 0.15) is 0 Å². The van der Waals surface area contributed by atoms with Gasteiger partial charge in [-0.15, -0.1) is 0 Å². The number of para-hydroxylation sites is 1. The molecule has 0 aliphatic rings. The highest BCUT2D eigenvalue weighted by molar-refractivity contribution is 5.41. The molecule has 1 heterocycles. The smallest absolute Gasteiger partial charge is 0.221 e. The van der Waals surface area contributed by atoms with Crippen molar-refractivity contribution < 1.29 is 4.74 Å². The molecule has 0 spiro atoms. The fourth-order valence-electron chi connectivity index (χ4n) is 2.01. The highest BCUT2D eigenvalue weighted by Crippen LogP contribution is 2.26. The molecule has 0 radical (unpaired) electrons. The number of ether oxygens (including phenoxy) is 1. The summed E-state index contributed by atoms with van der Waals surface area (Å²) >= 11 is 0. The van der Waals surface area contributed by atoms with E-state index in [9.17, 15) is 0 Å². The number of nitrogens with zero attached hydrogens (tertiary/aromatic N) is 2. The molecule has 0 fully saturated rings. The summed E-state index contributed by atoms with van der Waals surface area (Å²) in [5.74, 6) is 0.847. The lowest BCUT2D eigenvalue weighted by atomic mass is 10.2. The first-order valence-electron chi connectivity index (χ1n) is 6.69. The van der Waals surface area contributed by atoms with Crippen LogP contribution in [0, 0.1) is 6.92 Å². The van der Waals surface area contributed by atoms with E-state index in [1.165, 1.54) is 0 Å². The third-order valence-electron chi connectivity index (χ3n) is 2.93. The predicted octanol–water partition coefficient (Wildman–Crippen LogP) is 2.69. The number of aryl methyl sites for hydroxylation is 1. The average molecular weight is 259 g/mol. The van der Waals surface area contributed by atoms with Crippen LogP contribution in [0.5, 0.6) is 5.88 Å². The van der Waals surface area contributed by atoms with Gasteiger partial charge in [-0.3, -0.25) is 0 Å². The maximum absolute atomic E-state index is 5.91. The van der Waals surface area contributed by atoms with Crippen LogP contribution in [0.1, 0.15) is 24.6 Å². The van der Waals surface area contributed by atoms with Gasteiger partial charge in [0.05, 0.1) is 23.6 Å². The lowest BCUT2D eigenvalue weighted by molar-refractivity contribution is 0.292. The Morgan fingerprint density at radius 3 is 2.63 bits per heavy atom. The van der Waals surface area contributed by atoms with E-state index in [0.717, 1.165) is 35.8 Å². The maximum atomic E-state index is 5.91. The molecular formula is C15H21N3O. The highest BCUT2D eigenvalue weighted by Gasteiger charge is 2.16. The molecular weight excluding hydrogens is 238 g/mol. The van der Waals surface area contributed by atoms with Crippen LogP contribution in [0.25, 0.3) is 5.69 Å². The Morgan fingerprint density at radius 2 is 2.00 bits per heavy atom. The van der Waals surface area contributed by atoms with E-state index in [1.807, 2.05) is 49.0 Å². The van der Waals surface area contributed by atoms with E-state index in [4.69, 9.17) is 4.74 Å². The van der Waals surface area contributed by atoms with Crippen molar-refractivity contribution in [2.24, 2.45) is 0 Å². The van der Waals surface area contributed by atoms with Crippen molar-refractivity contribution in [3.63, 3.8) is 0 Å². The third kappa shape index (κ3) is 2.96. The average Bonchev–Trinajstić information content (AvgIpc) is 2.75. The summed E-state index contributed by atoms with van der Waals surface area (Å²) in [5, 5.41) is 7.78. The Labute approximate surface area is 114 Å². The molecule has 2 aromatic rings. The molecule has 0 saturated carbocycles. The Bertz CT molecular complexity index is 520. The van der Waals surface area contributed by atoms with E-state index in [-0.39, 0.29) is 0 Å². The van der Waals surface area contributed by atoms with Gasteiger partial charge in [-0.05, 0) is 32.5 Å². The molecule has 0 aliphatic heterocycles. The molecule has 4 nitrogen and oxygen atoms in total. The third-order valence-corrected chi connectivity index (χ3v) is 2.93. The van der Waals surface area contributed by atoms with Crippen LogP contribution in [0.4, 0.5) is 0 Å². The van der Waals surface area contributed by atoms with Gasteiger partial charge in [0, 0.05) is 6.54 Å². The van der Waals surface area contributed by atoms with Crippen LogP contribution in [-0.4, -0.2) is 23.4 Å². The second kappa shape index (κ2) is 6.38. The first-order valence-corrected chi connectivity index (χ1v) is 6.69. The zero-order chi connectivity index (χ0) is 13.7. The van der Waals surface area contributed by atoms with Crippen molar-refractivity contribution in [2.45, 2.75) is 26.8 Å². The van der Waals surface area contributed by atoms with Gasteiger partial charge < -0.3 is 10.1 Å². The fourth-order valence-corrected chi connectivity index (χ4v) is 2.01. The lowest BCUT2D eigenvalue weighted by Gasteiger charge is -2.10. The van der Waals surface area contributed by atoms with Crippen LogP contribution in [0.15, 0.2) is 30.3 Å². The zero-order valence-electron chi connectivity index (χ0n) is 11.8. The molecule has 0 atom stereocenters. The SMILES string of the molecule is CCCOc1c(CNC)c(C)nn1-c1ccccc1. The summed E-state index contributed by atoms with van der Waals surface area (Å²) in [5.41, 5.74) is 3.16. The number of rotatable bonds is 6. The zero-order valence-corrected chi connectivity index (χ0v) is 11.8. The number of hydrogen-bond donors (Lipinski definition) is 1. The van der Waals surface area contributed by atoms with Crippen LogP contribution in [0.2, 0.25) is 0 Å². The molecule has 1 N–H and O–H groups in total. The summed E-state index contributed by atoms with van der Waals surface area (Å²) in [6, 6.07) is 10.1. The second-order valence-corrected chi connectivity index (χ2v) is 4.50. The normalized spacial score (nSPS) is 10.7. The molecule has 0 aliphatic carbocycles. The molecule has 1 aromatic heterocycles. The van der Waals surface area contributed by atoms with Gasteiger partial charge in [-0.25, -0.2) is 4.68 Å². The van der Waals surface area contributed by atoms with Gasteiger partial charge in [-0.2, -0.15) is 5.10 Å². The summed E-state index contributed by atoms with van der Waals surface area (Å²) in [4.78, 5) is 0. The summed E-state index contributed by atoms with van der Waals surface area (Å²) < 4.78 is 7.79. The first-order chi connectivity index (χ1) is 9.27. The molecule has 0 bridgehead atoms. The van der Waals surface area contributed by atoms with Crippen molar-refractivity contribution in [3.8, 4) is 11.6 Å². The van der Waals surface area contributed by atoms with E-state index in [1.54, 1.807) is 0 Å². The minimum absolute atomic E-state index is 0.703. The molecule has 102 valence electrons. The summed E-state index contributed by atoms with van der Waals surface area (Å²) in [6.45, 7) is 5.59. The number of aromatic nitrogens is 2. The van der Waals surface area contributed by atoms with E-state index in [0.29, 0.717) is 6.61 Å². The Morgan fingerprint density at radius 1 is 1.26 bits per heavy atom. The largest absolute Gasteiger partial charge is 0.477 e. The van der Waals surface area contributed by atoms with Crippen molar-refractivity contribution in [1.82, 2.24) is 15.1 Å². The van der Waals surface area contributed by atoms with Crippen LogP contribution < -0.4 is 10.1 Å². The maximum Gasteiger partial charge on any atom is 0.221 e. The van der Waals surface area contributed by atoms with Gasteiger partial charge in [0.2, 0.25) is 5.88 Å². The molecule has 0 saturated heterocycles. The predicted molar refractivity (Wildman–Crippen MR) is 76.9 cm³/mol. The van der Waals surface area contributed by atoms with Crippen LogP contribution in [-0.2, 0) is 6.54 Å². The Balaban J connectivity index is 2.44. The van der Waals surface area contributed by atoms with E-state index in [2.05, 4.69) is 17.3 Å². The summed E-state index contributed by atoms with van der Waals surface area (Å²) in [6.07, 6.45) is 0.984. The molecule has 4 heteroatoms. The first kappa shape index (κ1) is 13.6. The quantitative estimate of drug-likeness (QED) is 0.867. The van der Waals surface area contributed by atoms with Crippen LogP contribution >= 0.6 is 0 Å². The van der Waals surface area contributed by atoms with Gasteiger partial charge in [-0.1, -0.05) is 25.1 Å². The topological polar surface area (TPSA) is 39.1 Å². The van der Waals surface area contributed by atoms with E-state index < -0.39 is 0 Å². The summed E-state index contributed by atoms with van der Waals surface area (Å²) in [7, 11) is 1.93. The Kier molecular flexibility index (Phi) is 4.58. The van der Waals surface area contributed by atoms with Crippen molar-refractivity contribution >= 4 is 0 Å². The van der Waals surface area contributed by atoms with Crippen LogP contribution in [0.3, 0.4) is 0 Å².